The maximum Gasteiger partial charge on any atom is 0.306 e. The zero-order valence-electron chi connectivity index (χ0n) is 23.1. The molecule has 5 rings (SSSR count). The number of aliphatic carboxylic acids is 1. The Hall–Kier alpha value is -2.18. The summed E-state index contributed by atoms with van der Waals surface area (Å²) in [6, 6.07) is 0. The number of carboxylic acids is 1. The molecule has 0 saturated heterocycles. The molecule has 210 valence electrons. The van der Waals surface area contributed by atoms with Gasteiger partial charge in [0.05, 0.1) is 12.3 Å². The van der Waals surface area contributed by atoms with Crippen LogP contribution in [0.1, 0.15) is 104 Å². The number of amides is 1. The van der Waals surface area contributed by atoms with Crippen LogP contribution in [0.15, 0.2) is 11.6 Å². The van der Waals surface area contributed by atoms with E-state index in [1.54, 1.807) is 0 Å². The molecule has 6 unspecified atom stereocenters. The number of carboxylic acid groups (broad SMARTS) is 1. The van der Waals surface area contributed by atoms with E-state index in [9.17, 15) is 19.2 Å². The average Bonchev–Trinajstić information content (AvgIpc) is 3.22. The summed E-state index contributed by atoms with van der Waals surface area (Å²) in [4.78, 5) is 48.3. The predicted octanol–water partition coefficient (Wildman–Crippen LogP) is 5.22. The summed E-state index contributed by atoms with van der Waals surface area (Å²) in [7, 11) is 0. The van der Waals surface area contributed by atoms with Gasteiger partial charge in [0, 0.05) is 24.8 Å². The number of allylic oxidation sites excluding steroid dienone is 1. The molecule has 0 bridgehead atoms. The molecule has 38 heavy (non-hydrogen) atoms. The fraction of sp³-hybridized carbons (Fsp3) is 0.806. The third-order valence-electron chi connectivity index (χ3n) is 11.5. The highest BCUT2D eigenvalue weighted by Crippen LogP contribution is 2.65. The van der Waals surface area contributed by atoms with Gasteiger partial charge in [0.1, 0.15) is 6.10 Å². The molecule has 5 aliphatic rings. The van der Waals surface area contributed by atoms with Gasteiger partial charge in [-0.3, -0.25) is 19.2 Å². The van der Waals surface area contributed by atoms with Crippen molar-refractivity contribution in [2.24, 2.45) is 40.4 Å². The number of carbonyl (C=O) groups is 4. The van der Waals surface area contributed by atoms with Gasteiger partial charge in [-0.25, -0.2) is 0 Å². The van der Waals surface area contributed by atoms with Crippen molar-refractivity contribution < 1.29 is 29.0 Å². The van der Waals surface area contributed by atoms with Crippen LogP contribution in [0, 0.1) is 40.4 Å². The first-order chi connectivity index (χ1) is 18.1. The van der Waals surface area contributed by atoms with Crippen molar-refractivity contribution in [3.05, 3.63) is 11.6 Å². The van der Waals surface area contributed by atoms with Crippen LogP contribution in [-0.2, 0) is 23.9 Å². The van der Waals surface area contributed by atoms with Gasteiger partial charge in [0.25, 0.3) is 0 Å². The number of esters is 1. The highest BCUT2D eigenvalue weighted by atomic mass is 16.5. The molecule has 5 aliphatic carbocycles. The van der Waals surface area contributed by atoms with Crippen LogP contribution in [0.25, 0.3) is 0 Å². The van der Waals surface area contributed by atoms with Crippen LogP contribution in [0.3, 0.4) is 0 Å². The average molecular weight is 528 g/mol. The summed E-state index contributed by atoms with van der Waals surface area (Å²) in [5.41, 5.74) is 1.53. The molecule has 4 saturated carbocycles. The number of hydrogen-bond acceptors (Lipinski definition) is 5. The fourth-order valence-electron chi connectivity index (χ4n) is 9.10. The second-order valence-corrected chi connectivity index (χ2v) is 13.4. The minimum Gasteiger partial charge on any atom is -0.481 e. The molecular formula is C31H45NO6. The molecule has 0 spiro atoms. The van der Waals surface area contributed by atoms with Crippen LogP contribution in [0.5, 0.6) is 0 Å². The van der Waals surface area contributed by atoms with Gasteiger partial charge < -0.3 is 15.2 Å². The lowest BCUT2D eigenvalue weighted by molar-refractivity contribution is -0.160. The number of hydrogen-bond donors (Lipinski definition) is 2. The zero-order valence-corrected chi connectivity index (χ0v) is 23.1. The quantitative estimate of drug-likeness (QED) is 0.440. The molecule has 0 heterocycles. The second-order valence-electron chi connectivity index (χ2n) is 13.4. The van der Waals surface area contributed by atoms with Gasteiger partial charge in [-0.15, -0.1) is 0 Å². The SMILES string of the molecule is CC12CCC(=O)C=C1CCC1C2CCC2(C)C(OC(=O)CCC(=O)NCC3CCC(C(=O)O)CC3)CCC12. The highest BCUT2D eigenvalue weighted by molar-refractivity contribution is 5.91. The van der Waals surface area contributed by atoms with Crippen LogP contribution < -0.4 is 5.32 Å². The van der Waals surface area contributed by atoms with Crippen molar-refractivity contribution in [1.29, 1.82) is 0 Å². The van der Waals surface area contributed by atoms with Gasteiger partial charge in [-0.2, -0.15) is 0 Å². The van der Waals surface area contributed by atoms with E-state index in [1.807, 2.05) is 6.08 Å². The van der Waals surface area contributed by atoms with Crippen molar-refractivity contribution in [3.63, 3.8) is 0 Å². The van der Waals surface area contributed by atoms with Crippen LogP contribution >= 0.6 is 0 Å². The Kier molecular flexibility index (Phi) is 7.76. The minimum absolute atomic E-state index is 0.00403. The number of ketones is 1. The normalized spacial score (nSPS) is 40.3. The third kappa shape index (κ3) is 5.19. The van der Waals surface area contributed by atoms with E-state index < -0.39 is 5.97 Å². The summed E-state index contributed by atoms with van der Waals surface area (Å²) in [5.74, 6) is 1.02. The van der Waals surface area contributed by atoms with Crippen LogP contribution in [0.2, 0.25) is 0 Å². The highest BCUT2D eigenvalue weighted by Gasteiger charge is 2.60. The maximum atomic E-state index is 12.8. The van der Waals surface area contributed by atoms with Gasteiger partial charge in [-0.05, 0) is 106 Å². The number of rotatable bonds is 7. The summed E-state index contributed by atoms with van der Waals surface area (Å²) < 4.78 is 6.06. The van der Waals surface area contributed by atoms with Crippen molar-refractivity contribution in [3.8, 4) is 0 Å². The smallest absolute Gasteiger partial charge is 0.306 e. The van der Waals surface area contributed by atoms with Crippen LogP contribution in [-0.4, -0.2) is 41.4 Å². The van der Waals surface area contributed by atoms with E-state index in [1.165, 1.54) is 5.57 Å². The number of ether oxygens (including phenoxy) is 1. The first-order valence-corrected chi connectivity index (χ1v) is 15.0. The summed E-state index contributed by atoms with van der Waals surface area (Å²) >= 11 is 0. The number of nitrogens with one attached hydrogen (secondary N) is 1. The fourth-order valence-corrected chi connectivity index (χ4v) is 9.10. The summed E-state index contributed by atoms with van der Waals surface area (Å²) in [5, 5.41) is 12.1. The van der Waals surface area contributed by atoms with Crippen molar-refractivity contribution >= 4 is 23.6 Å². The topological polar surface area (TPSA) is 110 Å². The van der Waals surface area contributed by atoms with Crippen LogP contribution in [0.4, 0.5) is 0 Å². The lowest BCUT2D eigenvalue weighted by Crippen LogP contribution is -2.51. The summed E-state index contributed by atoms with van der Waals surface area (Å²) in [6.07, 6.45) is 13.1. The van der Waals surface area contributed by atoms with E-state index in [0.29, 0.717) is 55.3 Å². The maximum absolute atomic E-state index is 12.8. The Bertz CT molecular complexity index is 996. The Balaban J connectivity index is 1.09. The molecule has 4 fully saturated rings. The molecule has 0 aromatic carbocycles. The number of carbonyl (C=O) groups excluding carboxylic acids is 3. The minimum atomic E-state index is -0.720. The molecule has 0 aromatic heterocycles. The Morgan fingerprint density at radius 3 is 2.45 bits per heavy atom. The molecular weight excluding hydrogens is 482 g/mol. The number of fused-ring (bicyclic) bond motifs is 5. The standard InChI is InChI=1S/C31H45NO6/c1-30-15-13-22(33)17-21(30)7-8-23-24-9-10-26(31(24,2)16-14-25(23)30)38-28(35)12-11-27(34)32-18-19-3-5-20(6-4-19)29(36)37/h17,19-20,23-26H,3-16,18H2,1-2H3,(H,32,34)(H,36,37). The molecule has 1 amide bonds. The Morgan fingerprint density at radius 1 is 0.947 bits per heavy atom. The Labute approximate surface area is 226 Å². The van der Waals surface area contributed by atoms with Gasteiger partial charge in [0.2, 0.25) is 5.91 Å². The lowest BCUT2D eigenvalue weighted by Gasteiger charge is -2.57. The molecule has 0 radical (unpaired) electrons. The largest absolute Gasteiger partial charge is 0.481 e. The molecule has 2 N–H and O–H groups in total. The van der Waals surface area contributed by atoms with Gasteiger partial charge in [0.15, 0.2) is 5.78 Å². The van der Waals surface area contributed by atoms with Crippen molar-refractivity contribution in [1.82, 2.24) is 5.32 Å². The lowest BCUT2D eigenvalue weighted by atomic mass is 9.47. The molecule has 6 atom stereocenters. The zero-order chi connectivity index (χ0) is 27.1. The molecule has 7 heteroatoms. The van der Waals surface area contributed by atoms with E-state index in [4.69, 9.17) is 9.84 Å². The molecule has 7 nitrogen and oxygen atoms in total. The van der Waals surface area contributed by atoms with Crippen molar-refractivity contribution in [2.75, 3.05) is 6.54 Å². The van der Waals surface area contributed by atoms with E-state index in [2.05, 4.69) is 19.2 Å². The summed E-state index contributed by atoms with van der Waals surface area (Å²) in [6.45, 7) is 5.27. The van der Waals surface area contributed by atoms with E-state index in [-0.39, 0.29) is 47.6 Å². The van der Waals surface area contributed by atoms with E-state index in [0.717, 1.165) is 57.8 Å². The van der Waals surface area contributed by atoms with Gasteiger partial charge in [-0.1, -0.05) is 19.4 Å². The molecule has 0 aliphatic heterocycles. The van der Waals surface area contributed by atoms with Gasteiger partial charge >= 0.3 is 11.9 Å². The Morgan fingerprint density at radius 2 is 1.71 bits per heavy atom. The van der Waals surface area contributed by atoms with Crippen molar-refractivity contribution in [2.45, 2.75) is 110 Å². The third-order valence-corrected chi connectivity index (χ3v) is 11.5. The van der Waals surface area contributed by atoms with E-state index >= 15 is 0 Å². The second kappa shape index (κ2) is 10.8. The molecule has 0 aromatic rings. The predicted molar refractivity (Wildman–Crippen MR) is 142 cm³/mol. The first-order valence-electron chi connectivity index (χ1n) is 15.0. The monoisotopic (exact) mass is 527 g/mol. The first kappa shape index (κ1) is 27.4.